The number of carbonyl (C=O) groups is 1. The number of alkyl halides is 3. The van der Waals surface area contributed by atoms with Gasteiger partial charge in [0.2, 0.25) is 0 Å². The van der Waals surface area contributed by atoms with Crippen molar-refractivity contribution >= 4 is 17.1 Å². The van der Waals surface area contributed by atoms with Crippen LogP contribution in [0, 0.1) is 0 Å². The van der Waals surface area contributed by atoms with Gasteiger partial charge >= 0.3 is 18.0 Å². The highest BCUT2D eigenvalue weighted by Crippen LogP contribution is 2.34. The number of rotatable bonds is 8. The Hall–Kier alpha value is -4.10. The number of nitrogens with one attached hydrogen (secondary N) is 1. The summed E-state index contributed by atoms with van der Waals surface area (Å²) in [6, 6.07) is 13.1. The van der Waals surface area contributed by atoms with Crippen LogP contribution in [0.2, 0.25) is 0 Å². The number of halogens is 3. The second kappa shape index (κ2) is 12.7. The van der Waals surface area contributed by atoms with Gasteiger partial charge in [0, 0.05) is 69.1 Å². The van der Waals surface area contributed by atoms with E-state index in [1.54, 1.807) is 16.6 Å². The van der Waals surface area contributed by atoms with E-state index in [2.05, 4.69) is 10.2 Å². The van der Waals surface area contributed by atoms with E-state index >= 15 is 0 Å². The highest BCUT2D eigenvalue weighted by atomic mass is 19.4. The number of likely N-dealkylation sites (tertiary alicyclic amines) is 1. The molecule has 10 nitrogen and oxygen atoms in total. The van der Waals surface area contributed by atoms with Gasteiger partial charge in [0.25, 0.3) is 0 Å². The predicted molar refractivity (Wildman–Crippen MR) is 163 cm³/mol. The number of piperidine rings is 1. The van der Waals surface area contributed by atoms with Crippen LogP contribution in [0.4, 0.5) is 18.0 Å². The van der Waals surface area contributed by atoms with Crippen LogP contribution in [-0.4, -0.2) is 67.7 Å². The molecular weight excluding hydrogens is 587 g/mol. The minimum absolute atomic E-state index is 0.0249. The van der Waals surface area contributed by atoms with Crippen LogP contribution in [0.1, 0.15) is 49.0 Å². The van der Waals surface area contributed by atoms with Gasteiger partial charge in [-0.15, -0.1) is 5.06 Å². The molecule has 4 heterocycles. The molecule has 240 valence electrons. The Balaban J connectivity index is 1.13. The lowest BCUT2D eigenvalue weighted by Gasteiger charge is -2.32. The van der Waals surface area contributed by atoms with Crippen LogP contribution >= 0.6 is 0 Å². The molecule has 2 aromatic heterocycles. The van der Waals surface area contributed by atoms with Crippen molar-refractivity contribution in [2.24, 2.45) is 7.05 Å². The number of hydrogen-bond acceptors (Lipinski definition) is 6. The average molecular weight is 626 g/mol. The molecule has 0 unspecified atom stereocenters. The first-order valence-electron chi connectivity index (χ1n) is 15.5. The van der Waals surface area contributed by atoms with E-state index in [4.69, 9.17) is 9.94 Å². The van der Waals surface area contributed by atoms with E-state index in [0.29, 0.717) is 43.9 Å². The maximum atomic E-state index is 13.2. The molecule has 0 bridgehead atoms. The molecule has 1 saturated heterocycles. The van der Waals surface area contributed by atoms with Crippen LogP contribution in [0.15, 0.2) is 53.3 Å². The summed E-state index contributed by atoms with van der Waals surface area (Å²) >= 11 is 0. The number of amides is 1. The summed E-state index contributed by atoms with van der Waals surface area (Å²) in [6.07, 6.45) is -1.74. The van der Waals surface area contributed by atoms with Crippen LogP contribution in [0.25, 0.3) is 22.3 Å². The van der Waals surface area contributed by atoms with E-state index in [1.165, 1.54) is 12.1 Å². The van der Waals surface area contributed by atoms with E-state index in [-0.39, 0.29) is 11.7 Å². The second-order valence-electron chi connectivity index (χ2n) is 11.7. The van der Waals surface area contributed by atoms with Crippen LogP contribution in [-0.2, 0) is 37.6 Å². The number of benzene rings is 2. The quantitative estimate of drug-likeness (QED) is 0.298. The topological polar surface area (TPSA) is 89.6 Å². The summed E-state index contributed by atoms with van der Waals surface area (Å²) in [5, 5.41) is 9.06. The van der Waals surface area contributed by atoms with Gasteiger partial charge < -0.3 is 15.1 Å². The number of nitrogens with zero attached hydrogens (tertiary/aromatic N) is 6. The molecule has 0 spiro atoms. The predicted octanol–water partition coefficient (Wildman–Crippen LogP) is 4.97. The fourth-order valence-corrected chi connectivity index (χ4v) is 6.59. The number of aryl methyl sites for hydroxylation is 2. The Bertz CT molecular complexity index is 1720. The molecule has 1 amide bonds. The number of carbonyl (C=O) groups excluding carboxylic acids is 1. The third-order valence-electron chi connectivity index (χ3n) is 8.88. The Morgan fingerprint density at radius 3 is 2.42 bits per heavy atom. The van der Waals surface area contributed by atoms with Gasteiger partial charge in [-0.25, -0.2) is 9.59 Å². The molecule has 4 aromatic rings. The highest BCUT2D eigenvalue weighted by molar-refractivity contribution is 5.76. The van der Waals surface area contributed by atoms with Crippen LogP contribution in [0.3, 0.4) is 0 Å². The Labute approximate surface area is 258 Å². The zero-order chi connectivity index (χ0) is 31.7. The molecule has 45 heavy (non-hydrogen) atoms. The summed E-state index contributed by atoms with van der Waals surface area (Å²) < 4.78 is 45.3. The van der Waals surface area contributed by atoms with E-state index in [9.17, 15) is 22.8 Å². The smallest absolute Gasteiger partial charge is 0.351 e. The molecule has 1 N–H and O–H groups in total. The van der Waals surface area contributed by atoms with Gasteiger partial charge in [0.05, 0.1) is 28.8 Å². The number of fused-ring (bicyclic) bond motifs is 2. The summed E-state index contributed by atoms with van der Waals surface area (Å²) in [5.41, 5.74) is 4.29. The fraction of sp³-hybridized carbons (Fsp3) is 0.469. The molecular formula is C32H38F3N7O3. The van der Waals surface area contributed by atoms with Gasteiger partial charge in [0.1, 0.15) is 0 Å². The average Bonchev–Trinajstić information content (AvgIpc) is 3.51. The number of para-hydroxylation sites is 2. The number of hydrogen-bond donors (Lipinski definition) is 1. The molecule has 0 aliphatic carbocycles. The van der Waals surface area contributed by atoms with Crippen molar-refractivity contribution in [1.82, 2.24) is 34.2 Å². The Morgan fingerprint density at radius 2 is 1.73 bits per heavy atom. The van der Waals surface area contributed by atoms with E-state index < -0.39 is 17.8 Å². The first-order valence-corrected chi connectivity index (χ1v) is 15.5. The van der Waals surface area contributed by atoms with Crippen molar-refractivity contribution in [1.29, 1.82) is 0 Å². The minimum atomic E-state index is -4.42. The standard InChI is InChI=1S/C32H38F3N7O3/c1-3-36-30(43)45-40-20-15-26-25(21-40)29(22-9-11-23(12-10-22)32(33,34)35)37-41(26)17-6-16-39-18-13-24(14-19-39)42-28-8-5-4-7-27(28)38(2)31(42)44/h4-5,7-12,24H,3,6,13-21H2,1-2H3,(H,36,43). The Kier molecular flexibility index (Phi) is 8.74. The lowest BCUT2D eigenvalue weighted by Crippen LogP contribution is -2.38. The number of imidazole rings is 1. The van der Waals surface area contributed by atoms with Crippen molar-refractivity contribution < 1.29 is 22.8 Å². The highest BCUT2D eigenvalue weighted by Gasteiger charge is 2.32. The van der Waals surface area contributed by atoms with Gasteiger partial charge in [0.15, 0.2) is 0 Å². The molecule has 2 aliphatic heterocycles. The normalized spacial score (nSPS) is 16.6. The van der Waals surface area contributed by atoms with Crippen molar-refractivity contribution in [3.63, 3.8) is 0 Å². The Morgan fingerprint density at radius 1 is 1.02 bits per heavy atom. The second-order valence-corrected chi connectivity index (χ2v) is 11.7. The van der Waals surface area contributed by atoms with Gasteiger partial charge in [-0.1, -0.05) is 24.3 Å². The van der Waals surface area contributed by atoms with Crippen LogP contribution < -0.4 is 11.0 Å². The SMILES string of the molecule is CCNC(=O)ON1CCc2c(c(-c3ccc(C(F)(F)F)cc3)nn2CCCN2CCC(n3c(=O)n(C)c4ccccc43)CC2)C1. The minimum Gasteiger partial charge on any atom is -0.351 e. The van der Waals surface area contributed by atoms with E-state index in [0.717, 1.165) is 73.3 Å². The lowest BCUT2D eigenvalue weighted by atomic mass is 10.0. The molecule has 0 atom stereocenters. The summed E-state index contributed by atoms with van der Waals surface area (Å²) in [7, 11) is 1.82. The summed E-state index contributed by atoms with van der Waals surface area (Å²) in [6.45, 7) is 6.33. The molecule has 2 aromatic carbocycles. The van der Waals surface area contributed by atoms with Crippen molar-refractivity contribution in [3.05, 3.63) is 75.8 Å². The third-order valence-corrected chi connectivity index (χ3v) is 8.88. The van der Waals surface area contributed by atoms with Gasteiger partial charge in [-0.2, -0.15) is 18.3 Å². The van der Waals surface area contributed by atoms with Crippen molar-refractivity contribution in [2.45, 2.75) is 57.9 Å². The van der Waals surface area contributed by atoms with Gasteiger partial charge in [-0.3, -0.25) is 13.8 Å². The van der Waals surface area contributed by atoms with Gasteiger partial charge in [-0.05, 0) is 57.0 Å². The van der Waals surface area contributed by atoms with Crippen molar-refractivity contribution in [3.8, 4) is 11.3 Å². The lowest BCUT2D eigenvalue weighted by molar-refractivity contribution is -0.137. The van der Waals surface area contributed by atoms with E-state index in [1.807, 2.05) is 40.6 Å². The first-order chi connectivity index (χ1) is 21.6. The fourth-order valence-electron chi connectivity index (χ4n) is 6.59. The van der Waals surface area contributed by atoms with Crippen LogP contribution in [0.5, 0.6) is 0 Å². The third kappa shape index (κ3) is 6.36. The zero-order valence-corrected chi connectivity index (χ0v) is 25.5. The summed E-state index contributed by atoms with van der Waals surface area (Å²) in [5.74, 6) is 0. The molecule has 1 fully saturated rings. The van der Waals surface area contributed by atoms with Crippen molar-refractivity contribution in [2.75, 3.05) is 32.7 Å². The zero-order valence-electron chi connectivity index (χ0n) is 25.5. The largest absolute Gasteiger partial charge is 0.426 e. The number of hydroxylamine groups is 2. The maximum absolute atomic E-state index is 13.2. The molecule has 0 saturated carbocycles. The maximum Gasteiger partial charge on any atom is 0.426 e. The number of aromatic nitrogens is 4. The monoisotopic (exact) mass is 625 g/mol. The molecule has 6 rings (SSSR count). The molecule has 2 aliphatic rings. The first kappa shape index (κ1) is 30.9. The summed E-state index contributed by atoms with van der Waals surface area (Å²) in [4.78, 5) is 32.9. The molecule has 0 radical (unpaired) electrons. The molecule has 13 heteroatoms.